The van der Waals surface area contributed by atoms with Crippen molar-refractivity contribution in [3.05, 3.63) is 60.2 Å². The van der Waals surface area contributed by atoms with Crippen LogP contribution in [0.15, 0.2) is 54.6 Å². The van der Waals surface area contributed by atoms with Gasteiger partial charge in [-0.3, -0.25) is 0 Å². The van der Waals surface area contributed by atoms with E-state index in [1.165, 1.54) is 16.7 Å². The first-order chi connectivity index (χ1) is 9.83. The second-order valence-electron chi connectivity index (χ2n) is 5.20. The Kier molecular flexibility index (Phi) is 5.78. The number of rotatable bonds is 7. The molecule has 106 valence electrons. The van der Waals surface area contributed by atoms with Crippen LogP contribution in [0.5, 0.6) is 0 Å². The number of nitrogens with one attached hydrogen (secondary N) is 1. The Morgan fingerprint density at radius 1 is 0.950 bits per heavy atom. The molecular weight excluding hydrogens is 244 g/mol. The Bertz CT molecular complexity index is 487. The SMILES string of the molecule is CCC(CN)CNCc1ccc(-c2ccccc2)cc1. The molecule has 0 bridgehead atoms. The molecule has 0 heterocycles. The lowest BCUT2D eigenvalue weighted by Gasteiger charge is -2.13. The Morgan fingerprint density at radius 3 is 2.20 bits per heavy atom. The maximum atomic E-state index is 5.71. The third-order valence-corrected chi connectivity index (χ3v) is 3.73. The Hall–Kier alpha value is -1.64. The van der Waals surface area contributed by atoms with Crippen molar-refractivity contribution in [2.75, 3.05) is 13.1 Å². The van der Waals surface area contributed by atoms with Gasteiger partial charge in [-0.1, -0.05) is 67.9 Å². The standard InChI is InChI=1S/C18H24N2/c1-2-15(12-19)13-20-14-16-8-10-18(11-9-16)17-6-4-3-5-7-17/h3-11,15,20H,2,12-14,19H2,1H3. The Morgan fingerprint density at radius 2 is 1.60 bits per heavy atom. The summed E-state index contributed by atoms with van der Waals surface area (Å²) in [7, 11) is 0. The third-order valence-electron chi connectivity index (χ3n) is 3.73. The van der Waals surface area contributed by atoms with Crippen LogP contribution < -0.4 is 11.1 Å². The molecule has 0 radical (unpaired) electrons. The summed E-state index contributed by atoms with van der Waals surface area (Å²) >= 11 is 0. The van der Waals surface area contributed by atoms with Crippen molar-refractivity contribution >= 4 is 0 Å². The molecule has 0 aliphatic heterocycles. The van der Waals surface area contributed by atoms with Gasteiger partial charge in [-0.15, -0.1) is 0 Å². The van der Waals surface area contributed by atoms with E-state index in [1.54, 1.807) is 0 Å². The predicted molar refractivity (Wildman–Crippen MR) is 86.4 cm³/mol. The van der Waals surface area contributed by atoms with E-state index in [0.29, 0.717) is 5.92 Å². The van der Waals surface area contributed by atoms with Crippen molar-refractivity contribution in [3.63, 3.8) is 0 Å². The molecule has 2 heteroatoms. The first-order valence-electron chi connectivity index (χ1n) is 7.38. The van der Waals surface area contributed by atoms with Gasteiger partial charge in [0.05, 0.1) is 0 Å². The number of hydrogen-bond acceptors (Lipinski definition) is 2. The lowest BCUT2D eigenvalue weighted by molar-refractivity contribution is 0.471. The Labute approximate surface area is 122 Å². The highest BCUT2D eigenvalue weighted by atomic mass is 14.9. The second-order valence-corrected chi connectivity index (χ2v) is 5.20. The molecule has 0 fully saturated rings. The van der Waals surface area contributed by atoms with Gasteiger partial charge >= 0.3 is 0 Å². The van der Waals surface area contributed by atoms with E-state index in [0.717, 1.165) is 26.1 Å². The normalized spacial score (nSPS) is 12.3. The predicted octanol–water partition coefficient (Wildman–Crippen LogP) is 3.43. The minimum absolute atomic E-state index is 0.582. The number of nitrogens with two attached hydrogens (primary N) is 1. The molecule has 0 saturated heterocycles. The molecule has 0 aromatic heterocycles. The van der Waals surface area contributed by atoms with Crippen molar-refractivity contribution in [1.29, 1.82) is 0 Å². The average Bonchev–Trinajstić information content (AvgIpc) is 2.53. The second kappa shape index (κ2) is 7.83. The van der Waals surface area contributed by atoms with Crippen molar-refractivity contribution in [3.8, 4) is 11.1 Å². The molecule has 1 unspecified atom stereocenters. The van der Waals surface area contributed by atoms with Gasteiger partial charge in [-0.2, -0.15) is 0 Å². The van der Waals surface area contributed by atoms with Crippen molar-refractivity contribution in [2.24, 2.45) is 11.7 Å². The molecule has 2 nitrogen and oxygen atoms in total. The van der Waals surface area contributed by atoms with Crippen LogP contribution in [0.3, 0.4) is 0 Å². The van der Waals surface area contributed by atoms with E-state index in [1.807, 2.05) is 6.07 Å². The molecule has 1 atom stereocenters. The van der Waals surface area contributed by atoms with Gasteiger partial charge in [0.1, 0.15) is 0 Å². The zero-order chi connectivity index (χ0) is 14.2. The first kappa shape index (κ1) is 14.8. The minimum Gasteiger partial charge on any atom is -0.330 e. The lowest BCUT2D eigenvalue weighted by Crippen LogP contribution is -2.27. The largest absolute Gasteiger partial charge is 0.330 e. The smallest absolute Gasteiger partial charge is 0.0205 e. The van der Waals surface area contributed by atoms with Crippen LogP contribution >= 0.6 is 0 Å². The van der Waals surface area contributed by atoms with Crippen molar-refractivity contribution in [1.82, 2.24) is 5.32 Å². The van der Waals surface area contributed by atoms with E-state index in [4.69, 9.17) is 5.73 Å². The van der Waals surface area contributed by atoms with Gasteiger partial charge in [0.15, 0.2) is 0 Å². The molecule has 0 spiro atoms. The summed E-state index contributed by atoms with van der Waals surface area (Å²) in [6, 6.07) is 19.2. The Balaban J connectivity index is 1.89. The van der Waals surface area contributed by atoms with Crippen molar-refractivity contribution < 1.29 is 0 Å². The number of benzene rings is 2. The van der Waals surface area contributed by atoms with E-state index in [-0.39, 0.29) is 0 Å². The fourth-order valence-corrected chi connectivity index (χ4v) is 2.26. The van der Waals surface area contributed by atoms with Crippen LogP contribution in [0.4, 0.5) is 0 Å². The van der Waals surface area contributed by atoms with Gasteiger partial charge in [-0.25, -0.2) is 0 Å². The van der Waals surface area contributed by atoms with Crippen LogP contribution in [0.25, 0.3) is 11.1 Å². The zero-order valence-electron chi connectivity index (χ0n) is 12.2. The maximum absolute atomic E-state index is 5.71. The summed E-state index contributed by atoms with van der Waals surface area (Å²) in [5.74, 6) is 0.582. The fraction of sp³-hybridized carbons (Fsp3) is 0.333. The van der Waals surface area contributed by atoms with Crippen LogP contribution in [0, 0.1) is 5.92 Å². The summed E-state index contributed by atoms with van der Waals surface area (Å²) < 4.78 is 0. The molecule has 0 aliphatic rings. The van der Waals surface area contributed by atoms with Crippen LogP contribution in [0.1, 0.15) is 18.9 Å². The highest BCUT2D eigenvalue weighted by molar-refractivity contribution is 5.63. The lowest BCUT2D eigenvalue weighted by atomic mass is 10.0. The van der Waals surface area contributed by atoms with Crippen LogP contribution in [0.2, 0.25) is 0 Å². The molecule has 3 N–H and O–H groups in total. The highest BCUT2D eigenvalue weighted by Crippen LogP contribution is 2.19. The quantitative estimate of drug-likeness (QED) is 0.807. The van der Waals surface area contributed by atoms with Crippen LogP contribution in [-0.4, -0.2) is 13.1 Å². The maximum Gasteiger partial charge on any atom is 0.0205 e. The summed E-state index contributed by atoms with van der Waals surface area (Å²) in [4.78, 5) is 0. The van der Waals surface area contributed by atoms with Gasteiger partial charge in [-0.05, 0) is 35.7 Å². The summed E-state index contributed by atoms with van der Waals surface area (Å²) in [5.41, 5.74) is 9.55. The molecule has 0 saturated carbocycles. The summed E-state index contributed by atoms with van der Waals surface area (Å²) in [5, 5.41) is 3.48. The van der Waals surface area contributed by atoms with Gasteiger partial charge in [0.25, 0.3) is 0 Å². The third kappa shape index (κ3) is 4.19. The van der Waals surface area contributed by atoms with Crippen molar-refractivity contribution in [2.45, 2.75) is 19.9 Å². The van der Waals surface area contributed by atoms with E-state index >= 15 is 0 Å². The molecule has 20 heavy (non-hydrogen) atoms. The van der Waals surface area contributed by atoms with Gasteiger partial charge in [0, 0.05) is 6.54 Å². The van der Waals surface area contributed by atoms with E-state index in [9.17, 15) is 0 Å². The van der Waals surface area contributed by atoms with E-state index < -0.39 is 0 Å². The average molecular weight is 268 g/mol. The highest BCUT2D eigenvalue weighted by Gasteiger charge is 2.03. The van der Waals surface area contributed by atoms with E-state index in [2.05, 4.69) is 60.8 Å². The van der Waals surface area contributed by atoms with Gasteiger partial charge < -0.3 is 11.1 Å². The minimum atomic E-state index is 0.582. The molecule has 2 aromatic rings. The molecule has 2 rings (SSSR count). The topological polar surface area (TPSA) is 38.0 Å². The molecule has 2 aromatic carbocycles. The number of hydrogen-bond donors (Lipinski definition) is 2. The first-order valence-corrected chi connectivity index (χ1v) is 7.38. The monoisotopic (exact) mass is 268 g/mol. The zero-order valence-corrected chi connectivity index (χ0v) is 12.2. The molecule has 0 aliphatic carbocycles. The summed E-state index contributed by atoms with van der Waals surface area (Å²) in [6.07, 6.45) is 1.14. The molecule has 0 amide bonds. The van der Waals surface area contributed by atoms with Gasteiger partial charge in [0.2, 0.25) is 0 Å². The van der Waals surface area contributed by atoms with Crippen LogP contribution in [-0.2, 0) is 6.54 Å². The molecular formula is C18H24N2. The fourth-order valence-electron chi connectivity index (χ4n) is 2.26. The summed E-state index contributed by atoms with van der Waals surface area (Å²) in [6.45, 7) is 4.85.